The molecule has 0 aliphatic carbocycles. The smallest absolute Gasteiger partial charge is 0.409 e. The van der Waals surface area contributed by atoms with E-state index in [0.29, 0.717) is 36.5 Å². The van der Waals surface area contributed by atoms with Gasteiger partial charge in [-0.05, 0) is 51.3 Å². The van der Waals surface area contributed by atoms with E-state index < -0.39 is 0 Å². The number of unbranched alkanes of at least 4 members (excludes halogenated alkanes) is 1. The largest absolute Gasteiger partial charge is 0.449 e. The maximum Gasteiger partial charge on any atom is 0.409 e. The summed E-state index contributed by atoms with van der Waals surface area (Å²) in [5.41, 5.74) is 4.41. The van der Waals surface area contributed by atoms with E-state index >= 15 is 4.39 Å². The van der Waals surface area contributed by atoms with Gasteiger partial charge in [0.2, 0.25) is 0 Å². The molecule has 5 rings (SSSR count). The second kappa shape index (κ2) is 9.04. The van der Waals surface area contributed by atoms with Crippen LogP contribution in [0.15, 0.2) is 30.6 Å². The summed E-state index contributed by atoms with van der Waals surface area (Å²) in [4.78, 5) is 18.4. The molecule has 4 aromatic rings. The van der Waals surface area contributed by atoms with Crippen molar-refractivity contribution >= 4 is 22.5 Å². The lowest BCUT2D eigenvalue weighted by Crippen LogP contribution is -2.39. The summed E-state index contributed by atoms with van der Waals surface area (Å²) in [6, 6.07) is 5.47. The molecule has 1 aliphatic heterocycles. The Morgan fingerprint density at radius 2 is 1.94 bits per heavy atom. The Hall–Kier alpha value is -3.49. The fraction of sp³-hybridized carbons (Fsp3) is 0.440. The van der Waals surface area contributed by atoms with Gasteiger partial charge in [-0.25, -0.2) is 13.7 Å². The van der Waals surface area contributed by atoms with Gasteiger partial charge in [0.05, 0.1) is 41.4 Å². The molecular weight excluding hydrogens is 435 g/mol. The summed E-state index contributed by atoms with van der Waals surface area (Å²) in [5.74, 6) is -0.369. The molecule has 0 radical (unpaired) electrons. The molecule has 0 saturated carbocycles. The third kappa shape index (κ3) is 4.22. The maximum absolute atomic E-state index is 15.0. The van der Waals surface area contributed by atoms with Crippen LogP contribution >= 0.6 is 0 Å². The highest BCUT2D eigenvalue weighted by atomic mass is 19.1. The number of halogens is 1. The molecule has 1 aliphatic rings. The minimum absolute atomic E-state index is 0.113. The number of carbonyl (C=O) groups is 1. The van der Waals surface area contributed by atoms with Crippen LogP contribution in [0.3, 0.4) is 0 Å². The molecule has 3 aromatic heterocycles. The van der Waals surface area contributed by atoms with E-state index in [1.807, 2.05) is 43.1 Å². The molecule has 8 nitrogen and oxygen atoms in total. The van der Waals surface area contributed by atoms with Gasteiger partial charge in [-0.3, -0.25) is 9.67 Å². The molecule has 1 saturated heterocycles. The number of amides is 1. The van der Waals surface area contributed by atoms with Crippen molar-refractivity contribution in [2.24, 2.45) is 0 Å². The van der Waals surface area contributed by atoms with Crippen molar-refractivity contribution in [3.63, 3.8) is 0 Å². The first kappa shape index (κ1) is 22.3. The first-order valence-corrected chi connectivity index (χ1v) is 11.9. The van der Waals surface area contributed by atoms with E-state index in [-0.39, 0.29) is 18.0 Å². The molecule has 1 aromatic carbocycles. The van der Waals surface area contributed by atoms with Gasteiger partial charge < -0.3 is 9.64 Å². The number of piperidine rings is 1. The molecule has 9 heteroatoms. The van der Waals surface area contributed by atoms with Gasteiger partial charge in [0.15, 0.2) is 5.82 Å². The molecule has 4 heterocycles. The maximum atomic E-state index is 15.0. The van der Waals surface area contributed by atoms with Gasteiger partial charge in [0.25, 0.3) is 0 Å². The molecule has 34 heavy (non-hydrogen) atoms. The number of rotatable bonds is 5. The Bertz CT molecular complexity index is 1350. The number of hydrogen-bond acceptors (Lipinski definition) is 5. The Morgan fingerprint density at radius 1 is 1.15 bits per heavy atom. The van der Waals surface area contributed by atoms with Crippen molar-refractivity contribution < 1.29 is 13.9 Å². The highest BCUT2D eigenvalue weighted by Gasteiger charge is 2.26. The van der Waals surface area contributed by atoms with Crippen LogP contribution in [0.4, 0.5) is 9.18 Å². The monoisotopic (exact) mass is 464 g/mol. The molecule has 178 valence electrons. The number of ether oxygens (including phenoxy) is 1. The number of benzene rings is 1. The quantitative estimate of drug-likeness (QED) is 0.385. The lowest BCUT2D eigenvalue weighted by molar-refractivity contribution is 0.0865. The first-order valence-electron chi connectivity index (χ1n) is 11.9. The molecule has 0 spiro atoms. The van der Waals surface area contributed by atoms with E-state index in [9.17, 15) is 4.79 Å². The van der Waals surface area contributed by atoms with Gasteiger partial charge in [0.1, 0.15) is 5.52 Å². The highest BCUT2D eigenvalue weighted by molar-refractivity contribution is 5.85. The normalized spacial score (nSPS) is 14.9. The van der Waals surface area contributed by atoms with E-state index in [0.717, 1.165) is 48.0 Å². The number of likely N-dealkylation sites (tertiary alicyclic amines) is 1. The summed E-state index contributed by atoms with van der Waals surface area (Å²) in [6.07, 6.45) is 6.89. The lowest BCUT2D eigenvalue weighted by atomic mass is 10.1. The van der Waals surface area contributed by atoms with Crippen molar-refractivity contribution in [3.8, 4) is 11.3 Å². The zero-order valence-electron chi connectivity index (χ0n) is 19.8. The summed E-state index contributed by atoms with van der Waals surface area (Å²) < 4.78 is 24.0. The van der Waals surface area contributed by atoms with Crippen LogP contribution in [0.5, 0.6) is 0 Å². The zero-order chi connectivity index (χ0) is 23.8. The van der Waals surface area contributed by atoms with Crippen LogP contribution in [0, 0.1) is 19.7 Å². The fourth-order valence-electron chi connectivity index (χ4n) is 4.59. The van der Waals surface area contributed by atoms with Crippen molar-refractivity contribution in [2.45, 2.75) is 52.5 Å². The van der Waals surface area contributed by atoms with Gasteiger partial charge in [-0.2, -0.15) is 10.2 Å². The SMILES string of the molecule is CCCCOC(=O)N1CCC(n2cc3cc(-c4cc5c(C)nc(C)cn5n4)cc(F)c3n2)CC1. The summed E-state index contributed by atoms with van der Waals surface area (Å²) in [5, 5.41) is 9.91. The van der Waals surface area contributed by atoms with Gasteiger partial charge in [-0.1, -0.05) is 13.3 Å². The molecule has 0 N–H and O–H groups in total. The lowest BCUT2D eigenvalue weighted by Gasteiger charge is -2.31. The molecule has 0 unspecified atom stereocenters. The third-order valence-electron chi connectivity index (χ3n) is 6.46. The zero-order valence-corrected chi connectivity index (χ0v) is 19.8. The van der Waals surface area contributed by atoms with Crippen molar-refractivity contribution in [1.82, 2.24) is 29.3 Å². The number of aromatic nitrogens is 5. The fourth-order valence-corrected chi connectivity index (χ4v) is 4.59. The number of nitrogens with zero attached hydrogens (tertiary/aromatic N) is 6. The van der Waals surface area contributed by atoms with Gasteiger partial charge >= 0.3 is 6.09 Å². The van der Waals surface area contributed by atoms with E-state index in [2.05, 4.69) is 22.1 Å². The Morgan fingerprint density at radius 3 is 2.71 bits per heavy atom. The highest BCUT2D eigenvalue weighted by Crippen LogP contribution is 2.30. The van der Waals surface area contributed by atoms with Crippen LogP contribution in [-0.4, -0.2) is 55.1 Å². The van der Waals surface area contributed by atoms with Crippen LogP contribution < -0.4 is 0 Å². The third-order valence-corrected chi connectivity index (χ3v) is 6.46. The molecule has 0 bridgehead atoms. The van der Waals surface area contributed by atoms with Crippen LogP contribution in [0.2, 0.25) is 0 Å². The Balaban J connectivity index is 1.35. The van der Waals surface area contributed by atoms with Crippen LogP contribution in [0.1, 0.15) is 50.0 Å². The van der Waals surface area contributed by atoms with Crippen molar-refractivity contribution in [1.29, 1.82) is 0 Å². The number of hydrogen-bond donors (Lipinski definition) is 0. The number of carbonyl (C=O) groups excluding carboxylic acids is 1. The van der Waals surface area contributed by atoms with Crippen molar-refractivity contribution in [3.05, 3.63) is 47.8 Å². The van der Waals surface area contributed by atoms with Gasteiger partial charge in [0, 0.05) is 30.2 Å². The Kier molecular flexibility index (Phi) is 5.93. The number of fused-ring (bicyclic) bond motifs is 2. The molecular formula is C25H29FN6O2. The molecule has 0 atom stereocenters. The number of aryl methyl sites for hydroxylation is 2. The van der Waals surface area contributed by atoms with E-state index in [4.69, 9.17) is 4.74 Å². The van der Waals surface area contributed by atoms with Crippen LogP contribution in [0.25, 0.3) is 27.7 Å². The predicted octanol–water partition coefficient (Wildman–Crippen LogP) is 5.08. The summed E-state index contributed by atoms with van der Waals surface area (Å²) in [6.45, 7) is 7.60. The molecule has 1 fully saturated rings. The van der Waals surface area contributed by atoms with E-state index in [1.54, 1.807) is 9.42 Å². The second-order valence-corrected chi connectivity index (χ2v) is 9.02. The average Bonchev–Trinajstić information content (AvgIpc) is 3.44. The molecule has 1 amide bonds. The topological polar surface area (TPSA) is 77.5 Å². The van der Waals surface area contributed by atoms with Gasteiger partial charge in [-0.15, -0.1) is 0 Å². The second-order valence-electron chi connectivity index (χ2n) is 9.02. The minimum Gasteiger partial charge on any atom is -0.449 e. The summed E-state index contributed by atoms with van der Waals surface area (Å²) >= 11 is 0. The minimum atomic E-state index is -0.369. The first-order chi connectivity index (χ1) is 16.4. The average molecular weight is 465 g/mol. The van der Waals surface area contributed by atoms with E-state index in [1.165, 1.54) is 6.07 Å². The van der Waals surface area contributed by atoms with Crippen molar-refractivity contribution in [2.75, 3.05) is 19.7 Å². The summed E-state index contributed by atoms with van der Waals surface area (Å²) in [7, 11) is 0. The standard InChI is InChI=1S/C25H29FN6O2/c1-4-5-10-34-25(33)30-8-6-20(7-9-30)31-15-19-11-18(12-21(26)24(19)29-31)22-13-23-17(3)27-16(2)14-32(23)28-22/h11-15,20H,4-10H2,1-3H3. The Labute approximate surface area is 197 Å². The van der Waals surface area contributed by atoms with Crippen LogP contribution in [-0.2, 0) is 4.74 Å². The predicted molar refractivity (Wildman–Crippen MR) is 127 cm³/mol.